The Bertz CT molecular complexity index is 507. The topological polar surface area (TPSA) is 32.3 Å². The Labute approximate surface area is 125 Å². The number of hydrogen-bond donors (Lipinski definition) is 1. The van der Waals surface area contributed by atoms with Crippen molar-refractivity contribution in [3.8, 4) is 0 Å². The van der Waals surface area contributed by atoms with Crippen LogP contribution in [0.15, 0.2) is 24.3 Å². The largest absolute Gasteiger partial charge is 0.341 e. The lowest BCUT2D eigenvalue weighted by Gasteiger charge is -2.38. The van der Waals surface area contributed by atoms with Gasteiger partial charge >= 0.3 is 0 Å². The van der Waals surface area contributed by atoms with Crippen LogP contribution in [0.4, 0.5) is 4.39 Å². The first-order chi connectivity index (χ1) is 10.1. The molecule has 1 aromatic carbocycles. The molecule has 3 nitrogen and oxygen atoms in total. The van der Waals surface area contributed by atoms with Crippen LogP contribution in [0.25, 0.3) is 0 Å². The van der Waals surface area contributed by atoms with Crippen molar-refractivity contribution in [1.29, 1.82) is 0 Å². The molecule has 4 heteroatoms. The van der Waals surface area contributed by atoms with Gasteiger partial charge in [0.25, 0.3) is 0 Å². The normalized spacial score (nSPS) is 26.5. The standard InChI is InChI=1S/C17H23FN2O/c1-12(17(21)20-8-4-5-9-20)19-14-10-13(11-14)15-6-2-3-7-16(15)18/h2-3,6-7,12-14,19H,4-5,8-11H2,1H3. The molecule has 3 rings (SSSR count). The van der Waals surface area contributed by atoms with Gasteiger partial charge in [-0.2, -0.15) is 0 Å². The van der Waals surface area contributed by atoms with Gasteiger partial charge in [0.15, 0.2) is 0 Å². The molecule has 1 saturated carbocycles. The van der Waals surface area contributed by atoms with Crippen LogP contribution in [0.2, 0.25) is 0 Å². The fourth-order valence-corrected chi connectivity index (χ4v) is 3.45. The molecule has 0 bridgehead atoms. The summed E-state index contributed by atoms with van der Waals surface area (Å²) in [7, 11) is 0. The van der Waals surface area contributed by atoms with Crippen LogP contribution >= 0.6 is 0 Å². The molecule has 1 saturated heterocycles. The molecule has 1 N–H and O–H groups in total. The zero-order chi connectivity index (χ0) is 14.8. The molecule has 1 aliphatic heterocycles. The van der Waals surface area contributed by atoms with E-state index in [1.54, 1.807) is 6.07 Å². The highest BCUT2D eigenvalue weighted by Gasteiger charge is 2.34. The van der Waals surface area contributed by atoms with Crippen molar-refractivity contribution >= 4 is 5.91 Å². The van der Waals surface area contributed by atoms with Crippen molar-refractivity contribution in [2.24, 2.45) is 0 Å². The van der Waals surface area contributed by atoms with E-state index in [0.29, 0.717) is 6.04 Å². The molecule has 0 aromatic heterocycles. The maximum atomic E-state index is 13.7. The molecule has 2 aliphatic rings. The first kappa shape index (κ1) is 14.5. The summed E-state index contributed by atoms with van der Waals surface area (Å²) in [5, 5.41) is 3.40. The molecular formula is C17H23FN2O. The van der Waals surface area contributed by atoms with E-state index in [1.165, 1.54) is 6.07 Å². The Morgan fingerprint density at radius 1 is 1.29 bits per heavy atom. The molecule has 114 valence electrons. The number of hydrogen-bond acceptors (Lipinski definition) is 2. The van der Waals surface area contributed by atoms with Gasteiger partial charge in [-0.25, -0.2) is 4.39 Å². The maximum absolute atomic E-state index is 13.7. The zero-order valence-corrected chi connectivity index (χ0v) is 12.5. The number of carbonyl (C=O) groups excluding carboxylic acids is 1. The fraction of sp³-hybridized carbons (Fsp3) is 0.588. The lowest BCUT2D eigenvalue weighted by molar-refractivity contribution is -0.132. The average Bonchev–Trinajstić information content (AvgIpc) is 2.96. The number of amides is 1. The minimum atomic E-state index is -0.130. The smallest absolute Gasteiger partial charge is 0.239 e. The molecule has 1 amide bonds. The monoisotopic (exact) mass is 290 g/mol. The number of halogens is 1. The second kappa shape index (κ2) is 6.14. The Morgan fingerprint density at radius 2 is 1.95 bits per heavy atom. The second-order valence-electron chi connectivity index (χ2n) is 6.31. The number of nitrogens with one attached hydrogen (secondary N) is 1. The van der Waals surface area contributed by atoms with Gasteiger partial charge in [0, 0.05) is 19.1 Å². The Balaban J connectivity index is 1.48. The minimum absolute atomic E-state index is 0.109. The van der Waals surface area contributed by atoms with Gasteiger partial charge in [0.1, 0.15) is 5.82 Å². The quantitative estimate of drug-likeness (QED) is 0.924. The summed E-state index contributed by atoms with van der Waals surface area (Å²) >= 11 is 0. The molecule has 1 heterocycles. The SMILES string of the molecule is CC(NC1CC(c2ccccc2F)C1)C(=O)N1CCCC1. The van der Waals surface area contributed by atoms with E-state index in [4.69, 9.17) is 0 Å². The summed E-state index contributed by atoms with van der Waals surface area (Å²) in [5.41, 5.74) is 0.814. The van der Waals surface area contributed by atoms with Crippen molar-refractivity contribution in [1.82, 2.24) is 10.2 Å². The van der Waals surface area contributed by atoms with Gasteiger partial charge in [-0.3, -0.25) is 4.79 Å². The molecule has 1 aromatic rings. The average molecular weight is 290 g/mol. The van der Waals surface area contributed by atoms with Crippen LogP contribution in [-0.2, 0) is 4.79 Å². The van der Waals surface area contributed by atoms with Gasteiger partial charge in [-0.05, 0) is 50.2 Å². The first-order valence-corrected chi connectivity index (χ1v) is 7.94. The summed E-state index contributed by atoms with van der Waals surface area (Å²) < 4.78 is 13.7. The van der Waals surface area contributed by atoms with Gasteiger partial charge in [0.2, 0.25) is 5.91 Å². The van der Waals surface area contributed by atoms with Gasteiger partial charge in [-0.1, -0.05) is 18.2 Å². The lowest BCUT2D eigenvalue weighted by Crippen LogP contribution is -2.51. The number of likely N-dealkylation sites (tertiary alicyclic amines) is 1. The van der Waals surface area contributed by atoms with Crippen molar-refractivity contribution in [3.05, 3.63) is 35.6 Å². The number of carbonyl (C=O) groups is 1. The molecule has 1 aliphatic carbocycles. The van der Waals surface area contributed by atoms with Crippen LogP contribution in [-0.4, -0.2) is 36.0 Å². The number of benzene rings is 1. The van der Waals surface area contributed by atoms with Crippen molar-refractivity contribution in [3.63, 3.8) is 0 Å². The van der Waals surface area contributed by atoms with Crippen LogP contribution in [0.5, 0.6) is 0 Å². The van der Waals surface area contributed by atoms with E-state index in [2.05, 4.69) is 5.32 Å². The molecule has 0 spiro atoms. The first-order valence-electron chi connectivity index (χ1n) is 7.94. The number of nitrogens with zero attached hydrogens (tertiary/aromatic N) is 1. The highest BCUT2D eigenvalue weighted by molar-refractivity contribution is 5.81. The highest BCUT2D eigenvalue weighted by atomic mass is 19.1. The summed E-state index contributed by atoms with van der Waals surface area (Å²) in [6.45, 7) is 3.73. The van der Waals surface area contributed by atoms with E-state index in [9.17, 15) is 9.18 Å². The molecule has 21 heavy (non-hydrogen) atoms. The third kappa shape index (κ3) is 3.10. The fourth-order valence-electron chi connectivity index (χ4n) is 3.45. The van der Waals surface area contributed by atoms with E-state index in [1.807, 2.05) is 24.0 Å². The minimum Gasteiger partial charge on any atom is -0.341 e. The van der Waals surface area contributed by atoms with Gasteiger partial charge in [-0.15, -0.1) is 0 Å². The second-order valence-corrected chi connectivity index (χ2v) is 6.31. The Kier molecular flexibility index (Phi) is 4.24. The van der Waals surface area contributed by atoms with E-state index in [-0.39, 0.29) is 23.7 Å². The molecule has 1 atom stereocenters. The summed E-state index contributed by atoms with van der Waals surface area (Å²) in [6.07, 6.45) is 4.08. The third-order valence-corrected chi connectivity index (χ3v) is 4.76. The van der Waals surface area contributed by atoms with Crippen molar-refractivity contribution in [2.45, 2.75) is 50.6 Å². The summed E-state index contributed by atoms with van der Waals surface area (Å²) in [5.74, 6) is 0.391. The molecule has 0 radical (unpaired) electrons. The van der Waals surface area contributed by atoms with Crippen molar-refractivity contribution in [2.75, 3.05) is 13.1 Å². The van der Waals surface area contributed by atoms with Crippen LogP contribution < -0.4 is 5.32 Å². The van der Waals surface area contributed by atoms with E-state index in [0.717, 1.165) is 44.3 Å². The molecule has 1 unspecified atom stereocenters. The lowest BCUT2D eigenvalue weighted by atomic mass is 9.75. The zero-order valence-electron chi connectivity index (χ0n) is 12.5. The van der Waals surface area contributed by atoms with Gasteiger partial charge < -0.3 is 10.2 Å². The van der Waals surface area contributed by atoms with Gasteiger partial charge in [0.05, 0.1) is 6.04 Å². The van der Waals surface area contributed by atoms with Crippen LogP contribution in [0.1, 0.15) is 44.1 Å². The number of rotatable bonds is 4. The predicted molar refractivity (Wildman–Crippen MR) is 80.6 cm³/mol. The highest BCUT2D eigenvalue weighted by Crippen LogP contribution is 2.38. The van der Waals surface area contributed by atoms with E-state index >= 15 is 0 Å². The molecule has 2 fully saturated rings. The maximum Gasteiger partial charge on any atom is 0.239 e. The molecular weight excluding hydrogens is 267 g/mol. The third-order valence-electron chi connectivity index (χ3n) is 4.76. The van der Waals surface area contributed by atoms with E-state index < -0.39 is 0 Å². The van der Waals surface area contributed by atoms with Crippen LogP contribution in [0, 0.1) is 5.82 Å². The Hall–Kier alpha value is -1.42. The summed E-state index contributed by atoms with van der Waals surface area (Å²) in [4.78, 5) is 14.2. The van der Waals surface area contributed by atoms with Crippen LogP contribution in [0.3, 0.4) is 0 Å². The summed E-state index contributed by atoms with van der Waals surface area (Å²) in [6, 6.07) is 7.21. The Morgan fingerprint density at radius 3 is 2.62 bits per heavy atom. The predicted octanol–water partition coefficient (Wildman–Crippen LogP) is 2.67. The van der Waals surface area contributed by atoms with Crippen molar-refractivity contribution < 1.29 is 9.18 Å².